The van der Waals surface area contributed by atoms with E-state index in [1.807, 2.05) is 0 Å². The van der Waals surface area contributed by atoms with Crippen molar-refractivity contribution in [1.82, 2.24) is 4.98 Å². The van der Waals surface area contributed by atoms with Crippen LogP contribution < -0.4 is 10.5 Å². The number of anilines is 2. The molecule has 1 aromatic heterocycles. The molecule has 0 atom stereocenters. The second kappa shape index (κ2) is 5.07. The summed E-state index contributed by atoms with van der Waals surface area (Å²) in [5.74, 6) is 0. The van der Waals surface area contributed by atoms with Gasteiger partial charge in [-0.05, 0) is 37.3 Å². The highest BCUT2D eigenvalue weighted by atomic mass is 35.5. The number of halogens is 1. The van der Waals surface area contributed by atoms with E-state index in [0.29, 0.717) is 17.1 Å². The summed E-state index contributed by atoms with van der Waals surface area (Å²) in [4.78, 5) is 4.07. The molecule has 0 unspecified atom stereocenters. The molecule has 1 aromatic carbocycles. The van der Waals surface area contributed by atoms with E-state index in [4.69, 9.17) is 17.3 Å². The lowest BCUT2D eigenvalue weighted by atomic mass is 10.3. The van der Waals surface area contributed by atoms with Crippen molar-refractivity contribution in [3.8, 4) is 0 Å². The number of nitrogen functional groups attached to an aromatic ring is 1. The first kappa shape index (κ1) is 13.6. The Morgan fingerprint density at radius 2 is 2.05 bits per heavy atom. The second-order valence-electron chi connectivity index (χ2n) is 3.93. The predicted molar refractivity (Wildman–Crippen MR) is 75.6 cm³/mol. The van der Waals surface area contributed by atoms with Crippen molar-refractivity contribution in [2.75, 3.05) is 10.5 Å². The quantitative estimate of drug-likeness (QED) is 0.852. The number of aryl methyl sites for hydroxylation is 1. The molecule has 0 saturated carbocycles. The molecule has 0 aliphatic rings. The summed E-state index contributed by atoms with van der Waals surface area (Å²) >= 11 is 5.82. The number of sulfonamides is 1. The van der Waals surface area contributed by atoms with E-state index in [9.17, 15) is 8.42 Å². The molecule has 19 heavy (non-hydrogen) atoms. The van der Waals surface area contributed by atoms with Crippen molar-refractivity contribution in [1.29, 1.82) is 0 Å². The van der Waals surface area contributed by atoms with Crippen LogP contribution in [0.25, 0.3) is 0 Å². The Labute approximate surface area is 116 Å². The molecule has 0 aliphatic heterocycles. The number of benzene rings is 1. The molecular formula is C12H12ClN3O2S. The van der Waals surface area contributed by atoms with Crippen LogP contribution in [0, 0.1) is 6.92 Å². The van der Waals surface area contributed by atoms with Gasteiger partial charge in [0.05, 0.1) is 27.0 Å². The predicted octanol–water partition coefficient (Wildman–Crippen LogP) is 2.43. The lowest BCUT2D eigenvalue weighted by molar-refractivity contribution is 0.601. The molecular weight excluding hydrogens is 286 g/mol. The van der Waals surface area contributed by atoms with Gasteiger partial charge in [0.15, 0.2) is 0 Å². The van der Waals surface area contributed by atoms with Crippen LogP contribution in [-0.4, -0.2) is 13.4 Å². The molecule has 0 spiro atoms. The standard InChI is InChI=1S/C12H12ClN3O2S/c1-8-12(3-2-6-15-8)16-19(17,18)9-4-5-11(14)10(13)7-9/h2-7,16H,14H2,1H3. The molecule has 2 rings (SSSR count). The van der Waals surface area contributed by atoms with Gasteiger partial charge in [0.2, 0.25) is 0 Å². The third-order valence-corrected chi connectivity index (χ3v) is 4.22. The van der Waals surface area contributed by atoms with Crippen LogP contribution >= 0.6 is 11.6 Å². The maximum atomic E-state index is 12.2. The summed E-state index contributed by atoms with van der Waals surface area (Å²) in [5, 5.41) is 0.200. The fraction of sp³-hybridized carbons (Fsp3) is 0.0833. The lowest BCUT2D eigenvalue weighted by Crippen LogP contribution is -2.14. The van der Waals surface area contributed by atoms with Gasteiger partial charge in [-0.3, -0.25) is 9.71 Å². The molecule has 0 amide bonds. The number of hydrogen-bond acceptors (Lipinski definition) is 4. The van der Waals surface area contributed by atoms with E-state index in [2.05, 4.69) is 9.71 Å². The average Bonchev–Trinajstić information content (AvgIpc) is 2.35. The Morgan fingerprint density at radius 3 is 2.68 bits per heavy atom. The number of hydrogen-bond donors (Lipinski definition) is 2. The third kappa shape index (κ3) is 2.97. The monoisotopic (exact) mass is 297 g/mol. The minimum atomic E-state index is -3.71. The van der Waals surface area contributed by atoms with Crippen LogP contribution in [0.5, 0.6) is 0 Å². The smallest absolute Gasteiger partial charge is 0.262 e. The summed E-state index contributed by atoms with van der Waals surface area (Å²) < 4.78 is 26.8. The number of aromatic nitrogens is 1. The maximum Gasteiger partial charge on any atom is 0.262 e. The number of rotatable bonds is 3. The molecule has 2 aromatic rings. The van der Waals surface area contributed by atoms with Gasteiger partial charge in [-0.2, -0.15) is 0 Å². The van der Waals surface area contributed by atoms with E-state index in [0.717, 1.165) is 0 Å². The third-order valence-electron chi connectivity index (χ3n) is 2.53. The van der Waals surface area contributed by atoms with Gasteiger partial charge in [0.25, 0.3) is 10.0 Å². The summed E-state index contributed by atoms with van der Waals surface area (Å²) in [5.41, 5.74) is 6.90. The van der Waals surface area contributed by atoms with E-state index in [-0.39, 0.29) is 9.92 Å². The van der Waals surface area contributed by atoms with E-state index >= 15 is 0 Å². The first-order valence-corrected chi connectivity index (χ1v) is 7.26. The van der Waals surface area contributed by atoms with E-state index in [1.54, 1.807) is 25.3 Å². The highest BCUT2D eigenvalue weighted by Gasteiger charge is 2.16. The molecule has 0 fully saturated rings. The summed E-state index contributed by atoms with van der Waals surface area (Å²) in [6.45, 7) is 1.72. The van der Waals surface area contributed by atoms with Crippen LogP contribution in [-0.2, 0) is 10.0 Å². The normalized spacial score (nSPS) is 11.3. The minimum absolute atomic E-state index is 0.0509. The SMILES string of the molecule is Cc1ncccc1NS(=O)(=O)c1ccc(N)c(Cl)c1. The Balaban J connectivity index is 2.38. The van der Waals surface area contributed by atoms with Gasteiger partial charge in [-0.1, -0.05) is 11.6 Å². The van der Waals surface area contributed by atoms with Crippen LogP contribution in [0.15, 0.2) is 41.4 Å². The van der Waals surface area contributed by atoms with Gasteiger partial charge in [0.1, 0.15) is 0 Å². The Hall–Kier alpha value is -1.79. The van der Waals surface area contributed by atoms with Gasteiger partial charge >= 0.3 is 0 Å². The van der Waals surface area contributed by atoms with Crippen LogP contribution in [0.3, 0.4) is 0 Å². The van der Waals surface area contributed by atoms with Crippen molar-refractivity contribution in [2.24, 2.45) is 0 Å². The first-order valence-electron chi connectivity index (χ1n) is 5.39. The van der Waals surface area contributed by atoms with Crippen molar-refractivity contribution in [2.45, 2.75) is 11.8 Å². The van der Waals surface area contributed by atoms with Crippen LogP contribution in [0.2, 0.25) is 5.02 Å². The summed E-state index contributed by atoms with van der Waals surface area (Å²) in [7, 11) is -3.71. The largest absolute Gasteiger partial charge is 0.398 e. The van der Waals surface area contributed by atoms with Crippen molar-refractivity contribution in [3.05, 3.63) is 47.2 Å². The van der Waals surface area contributed by atoms with Gasteiger partial charge < -0.3 is 5.73 Å². The fourth-order valence-electron chi connectivity index (χ4n) is 1.47. The topological polar surface area (TPSA) is 85.1 Å². The van der Waals surface area contributed by atoms with Crippen LogP contribution in [0.1, 0.15) is 5.69 Å². The molecule has 0 bridgehead atoms. The number of nitrogens with zero attached hydrogens (tertiary/aromatic N) is 1. The lowest BCUT2D eigenvalue weighted by Gasteiger charge is -2.10. The number of nitrogens with one attached hydrogen (secondary N) is 1. The molecule has 5 nitrogen and oxygen atoms in total. The fourth-order valence-corrected chi connectivity index (χ4v) is 2.86. The van der Waals surface area contributed by atoms with Gasteiger partial charge in [0, 0.05) is 6.20 Å². The summed E-state index contributed by atoms with van der Waals surface area (Å²) in [6, 6.07) is 7.45. The summed E-state index contributed by atoms with van der Waals surface area (Å²) in [6.07, 6.45) is 1.59. The van der Waals surface area contributed by atoms with Gasteiger partial charge in [-0.25, -0.2) is 8.42 Å². The minimum Gasteiger partial charge on any atom is -0.398 e. The number of pyridine rings is 1. The van der Waals surface area contributed by atoms with Crippen molar-refractivity contribution < 1.29 is 8.42 Å². The zero-order valence-electron chi connectivity index (χ0n) is 10.1. The zero-order valence-corrected chi connectivity index (χ0v) is 11.7. The Morgan fingerprint density at radius 1 is 1.32 bits per heavy atom. The number of nitrogens with two attached hydrogens (primary N) is 1. The average molecular weight is 298 g/mol. The molecule has 100 valence electrons. The van der Waals surface area contributed by atoms with Crippen molar-refractivity contribution >= 4 is 33.0 Å². The van der Waals surface area contributed by atoms with E-state index < -0.39 is 10.0 Å². The molecule has 7 heteroatoms. The molecule has 1 heterocycles. The molecule has 0 radical (unpaired) electrons. The Bertz CT molecular complexity index is 717. The van der Waals surface area contributed by atoms with Crippen molar-refractivity contribution in [3.63, 3.8) is 0 Å². The van der Waals surface area contributed by atoms with Gasteiger partial charge in [-0.15, -0.1) is 0 Å². The molecule has 0 saturated heterocycles. The maximum absolute atomic E-state index is 12.2. The van der Waals surface area contributed by atoms with Crippen LogP contribution in [0.4, 0.5) is 11.4 Å². The second-order valence-corrected chi connectivity index (χ2v) is 6.01. The molecule has 3 N–H and O–H groups in total. The van der Waals surface area contributed by atoms with E-state index in [1.165, 1.54) is 18.2 Å². The highest BCUT2D eigenvalue weighted by molar-refractivity contribution is 7.92. The highest BCUT2D eigenvalue weighted by Crippen LogP contribution is 2.24. The zero-order chi connectivity index (χ0) is 14.0. The Kier molecular flexibility index (Phi) is 3.64. The first-order chi connectivity index (χ1) is 8.90. The molecule has 0 aliphatic carbocycles.